The SMILES string of the molecule is CCOC(=O)[C@@]1([C@@H](/C=C/c2ccccc2)c2ccccc2)CCC(c2ccccc2)=N1. The van der Waals surface area contributed by atoms with E-state index >= 15 is 0 Å². The molecule has 2 atom stereocenters. The van der Waals surface area contributed by atoms with E-state index in [1.165, 1.54) is 0 Å². The third-order valence-electron chi connectivity index (χ3n) is 5.77. The molecule has 0 spiro atoms. The van der Waals surface area contributed by atoms with Crippen molar-refractivity contribution in [1.29, 1.82) is 0 Å². The molecule has 0 bridgehead atoms. The molecule has 0 fully saturated rings. The van der Waals surface area contributed by atoms with Crippen LogP contribution >= 0.6 is 0 Å². The van der Waals surface area contributed by atoms with E-state index in [2.05, 4.69) is 48.6 Å². The molecule has 4 rings (SSSR count). The van der Waals surface area contributed by atoms with Gasteiger partial charge in [0.05, 0.1) is 6.61 Å². The summed E-state index contributed by atoms with van der Waals surface area (Å²) in [5, 5.41) is 0. The molecule has 1 heterocycles. The molecule has 1 aliphatic rings. The fraction of sp³-hybridized carbons (Fsp3) is 0.214. The van der Waals surface area contributed by atoms with Crippen LogP contribution in [0.3, 0.4) is 0 Å². The first-order valence-electron chi connectivity index (χ1n) is 10.8. The molecule has 3 aromatic carbocycles. The number of hydrogen-bond acceptors (Lipinski definition) is 3. The van der Waals surface area contributed by atoms with Gasteiger partial charge < -0.3 is 4.74 Å². The maximum absolute atomic E-state index is 13.4. The van der Waals surface area contributed by atoms with Crippen LogP contribution in [0.25, 0.3) is 6.08 Å². The molecule has 0 amide bonds. The van der Waals surface area contributed by atoms with Crippen molar-refractivity contribution < 1.29 is 9.53 Å². The van der Waals surface area contributed by atoms with Crippen molar-refractivity contribution in [3.63, 3.8) is 0 Å². The van der Waals surface area contributed by atoms with Gasteiger partial charge in [-0.25, -0.2) is 4.79 Å². The zero-order valence-electron chi connectivity index (χ0n) is 17.8. The van der Waals surface area contributed by atoms with Crippen molar-refractivity contribution in [2.45, 2.75) is 31.2 Å². The normalized spacial score (nSPS) is 19.2. The number of aliphatic imine (C=N–C) groups is 1. The molecule has 0 N–H and O–H groups in total. The summed E-state index contributed by atoms with van der Waals surface area (Å²) in [7, 11) is 0. The number of nitrogens with zero attached hydrogens (tertiary/aromatic N) is 1. The van der Waals surface area contributed by atoms with Crippen LogP contribution in [0.2, 0.25) is 0 Å². The minimum Gasteiger partial charge on any atom is -0.464 e. The second-order valence-corrected chi connectivity index (χ2v) is 7.73. The van der Waals surface area contributed by atoms with E-state index in [0.29, 0.717) is 13.0 Å². The third kappa shape index (κ3) is 4.51. The molecule has 3 nitrogen and oxygen atoms in total. The number of benzene rings is 3. The summed E-state index contributed by atoms with van der Waals surface area (Å²) in [6.07, 6.45) is 5.55. The average molecular weight is 410 g/mol. The summed E-state index contributed by atoms with van der Waals surface area (Å²) in [5.41, 5.74) is 3.19. The number of ether oxygens (including phenoxy) is 1. The molecule has 31 heavy (non-hydrogen) atoms. The molecule has 0 saturated heterocycles. The Morgan fingerprint density at radius 1 is 0.968 bits per heavy atom. The highest BCUT2D eigenvalue weighted by atomic mass is 16.5. The molecule has 0 radical (unpaired) electrons. The van der Waals surface area contributed by atoms with Crippen molar-refractivity contribution in [3.8, 4) is 0 Å². The fourth-order valence-electron chi connectivity index (χ4n) is 4.23. The Bertz CT molecular complexity index is 1060. The third-order valence-corrected chi connectivity index (χ3v) is 5.77. The maximum Gasteiger partial charge on any atom is 0.334 e. The lowest BCUT2D eigenvalue weighted by Gasteiger charge is -2.31. The Hall–Kier alpha value is -3.46. The van der Waals surface area contributed by atoms with Gasteiger partial charge in [0.1, 0.15) is 0 Å². The van der Waals surface area contributed by atoms with Crippen molar-refractivity contribution in [2.75, 3.05) is 6.61 Å². The van der Waals surface area contributed by atoms with E-state index in [0.717, 1.165) is 28.8 Å². The fourth-order valence-corrected chi connectivity index (χ4v) is 4.23. The molecule has 0 unspecified atom stereocenters. The van der Waals surface area contributed by atoms with E-state index in [-0.39, 0.29) is 11.9 Å². The molecular weight excluding hydrogens is 382 g/mol. The monoisotopic (exact) mass is 409 g/mol. The predicted octanol–water partition coefficient (Wildman–Crippen LogP) is 6.07. The van der Waals surface area contributed by atoms with Gasteiger partial charge in [-0.05, 0) is 36.5 Å². The second-order valence-electron chi connectivity index (χ2n) is 7.73. The Morgan fingerprint density at radius 3 is 2.23 bits per heavy atom. The molecule has 3 aromatic rings. The van der Waals surface area contributed by atoms with Gasteiger partial charge in [-0.15, -0.1) is 0 Å². The maximum atomic E-state index is 13.4. The van der Waals surface area contributed by atoms with Crippen LogP contribution in [0.4, 0.5) is 0 Å². The number of carbonyl (C=O) groups excluding carboxylic acids is 1. The van der Waals surface area contributed by atoms with E-state index in [1.54, 1.807) is 0 Å². The number of carbonyl (C=O) groups is 1. The van der Waals surface area contributed by atoms with Gasteiger partial charge in [0.15, 0.2) is 5.54 Å². The van der Waals surface area contributed by atoms with E-state index < -0.39 is 5.54 Å². The highest BCUT2D eigenvalue weighted by Gasteiger charge is 2.49. The average Bonchev–Trinajstić information content (AvgIpc) is 3.28. The van der Waals surface area contributed by atoms with Crippen molar-refractivity contribution in [2.24, 2.45) is 4.99 Å². The molecule has 0 saturated carbocycles. The van der Waals surface area contributed by atoms with Crippen LogP contribution < -0.4 is 0 Å². The summed E-state index contributed by atoms with van der Waals surface area (Å²) in [4.78, 5) is 18.5. The molecule has 1 aliphatic heterocycles. The molecule has 3 heteroatoms. The minimum absolute atomic E-state index is 0.228. The van der Waals surface area contributed by atoms with Crippen LogP contribution in [0.15, 0.2) is 102 Å². The van der Waals surface area contributed by atoms with Crippen LogP contribution in [-0.2, 0) is 9.53 Å². The van der Waals surface area contributed by atoms with Gasteiger partial charge in [0.25, 0.3) is 0 Å². The quantitative estimate of drug-likeness (QED) is 0.444. The number of rotatable bonds is 7. The van der Waals surface area contributed by atoms with Gasteiger partial charge >= 0.3 is 5.97 Å². The van der Waals surface area contributed by atoms with E-state index in [9.17, 15) is 4.79 Å². The Morgan fingerprint density at radius 2 is 1.58 bits per heavy atom. The lowest BCUT2D eigenvalue weighted by molar-refractivity contribution is -0.150. The van der Waals surface area contributed by atoms with Crippen molar-refractivity contribution in [1.82, 2.24) is 0 Å². The van der Waals surface area contributed by atoms with Gasteiger partial charge in [0, 0.05) is 11.6 Å². The van der Waals surface area contributed by atoms with Crippen LogP contribution in [0.1, 0.15) is 42.4 Å². The van der Waals surface area contributed by atoms with Gasteiger partial charge in [-0.2, -0.15) is 0 Å². The number of esters is 1. The Labute approximate surface area is 184 Å². The van der Waals surface area contributed by atoms with Crippen LogP contribution in [0, 0.1) is 0 Å². The molecule has 0 aromatic heterocycles. The first kappa shape index (κ1) is 20.8. The number of hydrogen-bond donors (Lipinski definition) is 0. The lowest BCUT2D eigenvalue weighted by Crippen LogP contribution is -2.42. The Kier molecular flexibility index (Phi) is 6.42. The summed E-state index contributed by atoms with van der Waals surface area (Å²) in [6.45, 7) is 2.18. The molecule has 0 aliphatic carbocycles. The largest absolute Gasteiger partial charge is 0.464 e. The van der Waals surface area contributed by atoms with Crippen molar-refractivity contribution >= 4 is 17.8 Å². The first-order valence-corrected chi connectivity index (χ1v) is 10.8. The zero-order valence-corrected chi connectivity index (χ0v) is 17.8. The summed E-state index contributed by atoms with van der Waals surface area (Å²) in [6, 6.07) is 30.4. The standard InChI is InChI=1S/C28H27NO2/c1-2-31-27(30)28(21-20-26(29-28)24-16-10-5-11-17-24)25(23-14-8-4-9-15-23)19-18-22-12-6-3-7-13-22/h3-19,25H,2,20-21H2,1H3/b19-18+/t25-,28-/m0/s1. The summed E-state index contributed by atoms with van der Waals surface area (Å²) in [5.74, 6) is -0.485. The van der Waals surface area contributed by atoms with Crippen molar-refractivity contribution in [3.05, 3.63) is 114 Å². The molecular formula is C28H27NO2. The predicted molar refractivity (Wildman–Crippen MR) is 126 cm³/mol. The highest BCUT2D eigenvalue weighted by Crippen LogP contribution is 2.43. The summed E-state index contributed by atoms with van der Waals surface area (Å²) >= 11 is 0. The summed E-state index contributed by atoms with van der Waals surface area (Å²) < 4.78 is 5.59. The van der Waals surface area contributed by atoms with Crippen LogP contribution in [-0.4, -0.2) is 23.8 Å². The van der Waals surface area contributed by atoms with Gasteiger partial charge in [-0.3, -0.25) is 4.99 Å². The van der Waals surface area contributed by atoms with Crippen LogP contribution in [0.5, 0.6) is 0 Å². The first-order chi connectivity index (χ1) is 15.2. The van der Waals surface area contributed by atoms with Gasteiger partial charge in [-0.1, -0.05) is 103 Å². The van der Waals surface area contributed by atoms with E-state index in [4.69, 9.17) is 9.73 Å². The second kappa shape index (κ2) is 9.57. The van der Waals surface area contributed by atoms with Gasteiger partial charge in [0.2, 0.25) is 0 Å². The Balaban J connectivity index is 1.82. The highest BCUT2D eigenvalue weighted by molar-refractivity contribution is 6.05. The topological polar surface area (TPSA) is 38.7 Å². The lowest BCUT2D eigenvalue weighted by atomic mass is 9.77. The van der Waals surface area contributed by atoms with E-state index in [1.807, 2.05) is 61.5 Å². The molecule has 156 valence electrons. The minimum atomic E-state index is -0.978. The smallest absolute Gasteiger partial charge is 0.334 e. The zero-order chi connectivity index (χ0) is 21.5.